The van der Waals surface area contributed by atoms with Gasteiger partial charge >= 0.3 is 0 Å². The molecule has 5 heteroatoms. The molecule has 0 bridgehead atoms. The predicted octanol–water partition coefficient (Wildman–Crippen LogP) is 1.69. The molecule has 1 amide bonds. The van der Waals surface area contributed by atoms with Crippen LogP contribution in [0.4, 0.5) is 11.5 Å². The fourth-order valence-electron chi connectivity index (χ4n) is 2.03. The largest absolute Gasteiger partial charge is 0.396 e. The fourth-order valence-corrected chi connectivity index (χ4v) is 2.03. The van der Waals surface area contributed by atoms with Crippen molar-refractivity contribution in [3.63, 3.8) is 0 Å². The Balaban J connectivity index is 1.63. The third kappa shape index (κ3) is 3.59. The maximum Gasteiger partial charge on any atom is 0.223 e. The number of rotatable bonds is 6. The van der Waals surface area contributed by atoms with Crippen molar-refractivity contribution in [1.29, 1.82) is 0 Å². The lowest BCUT2D eigenvalue weighted by molar-refractivity contribution is -0.127. The zero-order chi connectivity index (χ0) is 13.7. The maximum atomic E-state index is 11.6. The van der Waals surface area contributed by atoms with E-state index in [2.05, 4.69) is 15.6 Å². The number of aryl methyl sites for hydroxylation is 1. The van der Waals surface area contributed by atoms with Gasteiger partial charge in [0.25, 0.3) is 0 Å². The van der Waals surface area contributed by atoms with Gasteiger partial charge in [0.15, 0.2) is 0 Å². The molecule has 1 aliphatic rings. The molecule has 2 rings (SSSR count). The van der Waals surface area contributed by atoms with Gasteiger partial charge in [-0.1, -0.05) is 6.42 Å². The Morgan fingerprint density at radius 2 is 2.26 bits per heavy atom. The third-order valence-electron chi connectivity index (χ3n) is 3.63. The Morgan fingerprint density at radius 3 is 2.95 bits per heavy atom. The van der Waals surface area contributed by atoms with Crippen molar-refractivity contribution >= 4 is 17.4 Å². The van der Waals surface area contributed by atoms with Crippen LogP contribution in [0.3, 0.4) is 0 Å². The molecule has 0 atom stereocenters. The first-order chi connectivity index (χ1) is 9.18. The normalized spacial score (nSPS) is 14.8. The van der Waals surface area contributed by atoms with Gasteiger partial charge in [0, 0.05) is 25.2 Å². The Hall–Kier alpha value is -1.78. The van der Waals surface area contributed by atoms with E-state index in [0.717, 1.165) is 37.2 Å². The van der Waals surface area contributed by atoms with Gasteiger partial charge in [-0.2, -0.15) is 0 Å². The number of hydrogen-bond acceptors (Lipinski definition) is 4. The average Bonchev–Trinajstić information content (AvgIpc) is 2.31. The number of nitrogen functional groups attached to an aromatic ring is 1. The van der Waals surface area contributed by atoms with Crippen molar-refractivity contribution < 1.29 is 4.79 Å². The lowest BCUT2D eigenvalue weighted by Gasteiger charge is -2.24. The summed E-state index contributed by atoms with van der Waals surface area (Å²) in [5.74, 6) is 1.20. The quantitative estimate of drug-likeness (QED) is 0.682. The summed E-state index contributed by atoms with van der Waals surface area (Å²) in [5.41, 5.74) is 7.64. The highest BCUT2D eigenvalue weighted by atomic mass is 16.1. The zero-order valence-corrected chi connectivity index (χ0v) is 11.4. The molecule has 4 N–H and O–H groups in total. The van der Waals surface area contributed by atoms with E-state index in [4.69, 9.17) is 5.73 Å². The molecule has 1 fully saturated rings. The average molecular weight is 262 g/mol. The first kappa shape index (κ1) is 13.6. The molecule has 1 saturated carbocycles. The van der Waals surface area contributed by atoms with Gasteiger partial charge in [-0.05, 0) is 37.8 Å². The maximum absolute atomic E-state index is 11.6. The van der Waals surface area contributed by atoms with Gasteiger partial charge in [0.1, 0.15) is 5.82 Å². The first-order valence-electron chi connectivity index (χ1n) is 6.91. The zero-order valence-electron chi connectivity index (χ0n) is 11.4. The fraction of sp³-hybridized carbons (Fsp3) is 0.571. The monoisotopic (exact) mass is 262 g/mol. The number of nitrogens with one attached hydrogen (secondary N) is 2. The number of pyridine rings is 1. The molecule has 0 radical (unpaired) electrons. The summed E-state index contributed by atoms with van der Waals surface area (Å²) in [6.45, 7) is 3.42. The number of carbonyl (C=O) groups is 1. The number of carbonyl (C=O) groups excluding carboxylic acids is 1. The second kappa shape index (κ2) is 6.41. The summed E-state index contributed by atoms with van der Waals surface area (Å²) in [5, 5.41) is 6.16. The molecule has 0 aromatic carbocycles. The summed E-state index contributed by atoms with van der Waals surface area (Å²) in [4.78, 5) is 15.8. The minimum absolute atomic E-state index is 0.208. The van der Waals surface area contributed by atoms with Crippen molar-refractivity contribution in [2.75, 3.05) is 24.1 Å². The number of nitrogens with two attached hydrogens (primary N) is 1. The first-order valence-corrected chi connectivity index (χ1v) is 6.91. The van der Waals surface area contributed by atoms with Crippen LogP contribution in [-0.4, -0.2) is 24.0 Å². The highest BCUT2D eigenvalue weighted by molar-refractivity contribution is 5.79. The smallest absolute Gasteiger partial charge is 0.223 e. The van der Waals surface area contributed by atoms with Crippen LogP contribution in [0.1, 0.15) is 31.2 Å². The molecule has 1 heterocycles. The van der Waals surface area contributed by atoms with E-state index in [-0.39, 0.29) is 11.8 Å². The molecule has 0 aliphatic heterocycles. The van der Waals surface area contributed by atoms with Crippen LogP contribution in [0.2, 0.25) is 0 Å². The van der Waals surface area contributed by atoms with E-state index in [9.17, 15) is 4.79 Å². The van der Waals surface area contributed by atoms with Crippen LogP contribution >= 0.6 is 0 Å². The van der Waals surface area contributed by atoms with E-state index in [1.165, 1.54) is 6.42 Å². The van der Waals surface area contributed by atoms with Gasteiger partial charge in [0.05, 0.1) is 5.69 Å². The molecule has 0 unspecified atom stereocenters. The van der Waals surface area contributed by atoms with Gasteiger partial charge < -0.3 is 16.4 Å². The van der Waals surface area contributed by atoms with Crippen LogP contribution in [0.25, 0.3) is 0 Å². The Labute approximate surface area is 114 Å². The molecule has 5 nitrogen and oxygen atoms in total. The third-order valence-corrected chi connectivity index (χ3v) is 3.63. The number of anilines is 2. The van der Waals surface area contributed by atoms with Crippen LogP contribution < -0.4 is 16.4 Å². The number of nitrogens with zero attached hydrogens (tertiary/aromatic N) is 1. The number of amides is 1. The van der Waals surface area contributed by atoms with Crippen molar-refractivity contribution in [2.45, 2.75) is 32.6 Å². The van der Waals surface area contributed by atoms with Crippen molar-refractivity contribution in [3.05, 3.63) is 17.8 Å². The Kier molecular flexibility index (Phi) is 4.60. The molecular formula is C14H22N4O. The van der Waals surface area contributed by atoms with Crippen molar-refractivity contribution in [1.82, 2.24) is 10.3 Å². The van der Waals surface area contributed by atoms with Crippen LogP contribution in [0.15, 0.2) is 12.3 Å². The Morgan fingerprint density at radius 1 is 1.47 bits per heavy atom. The van der Waals surface area contributed by atoms with Crippen molar-refractivity contribution in [2.24, 2.45) is 5.92 Å². The van der Waals surface area contributed by atoms with Gasteiger partial charge in [-0.3, -0.25) is 4.79 Å². The van der Waals surface area contributed by atoms with Gasteiger partial charge in [-0.25, -0.2) is 4.98 Å². The summed E-state index contributed by atoms with van der Waals surface area (Å²) < 4.78 is 0. The van der Waals surface area contributed by atoms with E-state index in [1.807, 2.05) is 13.0 Å². The second-order valence-electron chi connectivity index (χ2n) is 5.09. The topological polar surface area (TPSA) is 80.0 Å². The summed E-state index contributed by atoms with van der Waals surface area (Å²) in [6.07, 6.45) is 5.90. The van der Waals surface area contributed by atoms with Gasteiger partial charge in [0.2, 0.25) is 5.91 Å². The molecule has 104 valence electrons. The van der Waals surface area contributed by atoms with Crippen molar-refractivity contribution in [3.8, 4) is 0 Å². The highest BCUT2D eigenvalue weighted by Crippen LogP contribution is 2.26. The number of hydrogen-bond donors (Lipinski definition) is 3. The molecule has 1 aromatic heterocycles. The van der Waals surface area contributed by atoms with E-state index in [0.29, 0.717) is 12.2 Å². The SMILES string of the molecule is Cc1ccnc(NCCCNC(=O)C2CCC2)c1N. The lowest BCUT2D eigenvalue weighted by atomic mass is 9.85. The van der Waals surface area contributed by atoms with Crippen LogP contribution in [0.5, 0.6) is 0 Å². The summed E-state index contributed by atoms with van der Waals surface area (Å²) >= 11 is 0. The minimum atomic E-state index is 0.208. The summed E-state index contributed by atoms with van der Waals surface area (Å²) in [7, 11) is 0. The molecule has 1 aromatic rings. The summed E-state index contributed by atoms with van der Waals surface area (Å²) in [6, 6.07) is 1.89. The highest BCUT2D eigenvalue weighted by Gasteiger charge is 2.24. The molecule has 0 spiro atoms. The molecule has 19 heavy (non-hydrogen) atoms. The Bertz CT molecular complexity index is 443. The minimum Gasteiger partial charge on any atom is -0.396 e. The second-order valence-corrected chi connectivity index (χ2v) is 5.09. The van der Waals surface area contributed by atoms with Crippen LogP contribution in [0, 0.1) is 12.8 Å². The number of aromatic nitrogens is 1. The standard InChI is InChI=1S/C14H22N4O/c1-10-6-9-17-13(12(10)15)16-7-3-8-18-14(19)11-4-2-5-11/h6,9,11H,2-5,7-8,15H2,1H3,(H,16,17)(H,18,19). The van der Waals surface area contributed by atoms with Crippen LogP contribution in [-0.2, 0) is 4.79 Å². The molecule has 0 saturated heterocycles. The van der Waals surface area contributed by atoms with E-state index >= 15 is 0 Å². The molecule has 1 aliphatic carbocycles. The lowest BCUT2D eigenvalue weighted by Crippen LogP contribution is -2.35. The predicted molar refractivity (Wildman–Crippen MR) is 76.8 cm³/mol. The molecular weight excluding hydrogens is 240 g/mol. The van der Waals surface area contributed by atoms with E-state index in [1.54, 1.807) is 6.20 Å². The van der Waals surface area contributed by atoms with Gasteiger partial charge in [-0.15, -0.1) is 0 Å². The van der Waals surface area contributed by atoms with E-state index < -0.39 is 0 Å².